The van der Waals surface area contributed by atoms with Crippen molar-refractivity contribution < 1.29 is 4.74 Å². The highest BCUT2D eigenvalue weighted by atomic mass is 35.5. The first-order valence-corrected chi connectivity index (χ1v) is 9.24. The van der Waals surface area contributed by atoms with Gasteiger partial charge in [-0.1, -0.05) is 23.7 Å². The van der Waals surface area contributed by atoms with Crippen LogP contribution in [0.15, 0.2) is 29.3 Å². The Morgan fingerprint density at radius 2 is 2.21 bits per heavy atom. The van der Waals surface area contributed by atoms with E-state index in [2.05, 4.69) is 34.6 Å². The van der Waals surface area contributed by atoms with Gasteiger partial charge in [0.2, 0.25) is 0 Å². The van der Waals surface area contributed by atoms with Gasteiger partial charge in [-0.05, 0) is 31.0 Å². The Hall–Kier alpha value is -1.30. The van der Waals surface area contributed by atoms with E-state index in [-0.39, 0.29) is 0 Å². The third-order valence-corrected chi connectivity index (χ3v) is 4.76. The first kappa shape index (κ1) is 17.5. The number of hydrogen-bond acceptors (Lipinski definition) is 3. The number of hydrogen-bond donors (Lipinski definition) is 2. The molecule has 0 aromatic heterocycles. The van der Waals surface area contributed by atoms with Crippen molar-refractivity contribution in [3.8, 4) is 0 Å². The summed E-state index contributed by atoms with van der Waals surface area (Å²) in [5, 5.41) is 7.70. The summed E-state index contributed by atoms with van der Waals surface area (Å²) in [6.07, 6.45) is 1.13. The van der Waals surface area contributed by atoms with Crippen LogP contribution in [0.2, 0.25) is 5.02 Å². The number of morpholine rings is 1. The van der Waals surface area contributed by atoms with Gasteiger partial charge in [-0.3, -0.25) is 9.89 Å². The number of ether oxygens (including phenoxy) is 1. The molecule has 3 rings (SSSR count). The molecule has 1 saturated heterocycles. The Balaban J connectivity index is 1.48. The van der Waals surface area contributed by atoms with Gasteiger partial charge in [0.05, 0.1) is 19.8 Å². The van der Waals surface area contributed by atoms with Crippen LogP contribution < -0.4 is 10.6 Å². The Bertz CT molecular complexity index is 560. The predicted molar refractivity (Wildman–Crippen MR) is 99.0 cm³/mol. The molecule has 0 spiro atoms. The van der Waals surface area contributed by atoms with Gasteiger partial charge in [0.1, 0.15) is 0 Å². The second-order valence-electron chi connectivity index (χ2n) is 6.36. The summed E-state index contributed by atoms with van der Waals surface area (Å²) in [7, 11) is 0. The van der Waals surface area contributed by atoms with Crippen molar-refractivity contribution in [3.63, 3.8) is 0 Å². The largest absolute Gasteiger partial charge is 0.379 e. The average molecular weight is 351 g/mol. The van der Waals surface area contributed by atoms with E-state index in [4.69, 9.17) is 21.3 Å². The van der Waals surface area contributed by atoms with Crippen LogP contribution in [0.4, 0.5) is 0 Å². The minimum absolute atomic E-state index is 0.449. The lowest BCUT2D eigenvalue weighted by atomic mass is 10.1. The fourth-order valence-electron chi connectivity index (χ4n) is 3.08. The van der Waals surface area contributed by atoms with E-state index in [9.17, 15) is 0 Å². The van der Waals surface area contributed by atoms with Crippen LogP contribution in [0, 0.1) is 0 Å². The first-order chi connectivity index (χ1) is 11.8. The standard InChI is InChI=1S/C18H27ClN4O/c1-2-20-18(21-6-7-23-8-10-24-11-9-23)22-17-13-16(17)14-4-3-5-15(19)12-14/h3-5,12,16-17H,2,6-11,13H2,1H3,(H2,20,21,22). The Morgan fingerprint density at radius 3 is 2.96 bits per heavy atom. The topological polar surface area (TPSA) is 48.9 Å². The van der Waals surface area contributed by atoms with Gasteiger partial charge in [0.15, 0.2) is 5.96 Å². The quantitative estimate of drug-likeness (QED) is 0.609. The summed E-state index contributed by atoms with van der Waals surface area (Å²) >= 11 is 6.09. The van der Waals surface area contributed by atoms with E-state index in [1.54, 1.807) is 0 Å². The lowest BCUT2D eigenvalue weighted by Crippen LogP contribution is -2.41. The zero-order valence-corrected chi connectivity index (χ0v) is 15.1. The van der Waals surface area contributed by atoms with Crippen LogP contribution in [0.3, 0.4) is 0 Å². The smallest absolute Gasteiger partial charge is 0.191 e. The number of guanidine groups is 1. The van der Waals surface area contributed by atoms with Crippen LogP contribution in [0.5, 0.6) is 0 Å². The minimum atomic E-state index is 0.449. The van der Waals surface area contributed by atoms with Crippen LogP contribution in [-0.2, 0) is 4.74 Å². The van der Waals surface area contributed by atoms with Gasteiger partial charge in [-0.25, -0.2) is 0 Å². The molecule has 2 fully saturated rings. The van der Waals surface area contributed by atoms with Crippen molar-refractivity contribution in [2.24, 2.45) is 4.99 Å². The predicted octanol–water partition coefficient (Wildman–Crippen LogP) is 2.08. The van der Waals surface area contributed by atoms with Crippen molar-refractivity contribution in [2.75, 3.05) is 45.9 Å². The highest BCUT2D eigenvalue weighted by Gasteiger charge is 2.39. The molecule has 0 amide bonds. The molecule has 6 heteroatoms. The van der Waals surface area contributed by atoms with Crippen molar-refractivity contribution in [3.05, 3.63) is 34.9 Å². The van der Waals surface area contributed by atoms with E-state index in [1.165, 1.54) is 5.56 Å². The molecular weight excluding hydrogens is 324 g/mol. The SMILES string of the molecule is CCNC(=NCCN1CCOCC1)NC1CC1c1cccc(Cl)c1. The zero-order valence-electron chi connectivity index (χ0n) is 14.3. The Kier molecular flexibility index (Phi) is 6.35. The minimum Gasteiger partial charge on any atom is -0.379 e. The second kappa shape index (κ2) is 8.70. The third kappa shape index (κ3) is 5.10. The Labute approximate surface area is 149 Å². The Morgan fingerprint density at radius 1 is 1.38 bits per heavy atom. The molecule has 0 bridgehead atoms. The van der Waals surface area contributed by atoms with Gasteiger partial charge in [-0.15, -0.1) is 0 Å². The number of benzene rings is 1. The van der Waals surface area contributed by atoms with E-state index in [0.717, 1.165) is 63.3 Å². The summed E-state index contributed by atoms with van der Waals surface area (Å²) in [4.78, 5) is 7.12. The van der Waals surface area contributed by atoms with Crippen LogP contribution in [0.1, 0.15) is 24.8 Å². The molecule has 1 aromatic carbocycles. The fraction of sp³-hybridized carbons (Fsp3) is 0.611. The number of aliphatic imine (C=N–C) groups is 1. The van der Waals surface area contributed by atoms with Gasteiger partial charge in [-0.2, -0.15) is 0 Å². The summed E-state index contributed by atoms with van der Waals surface area (Å²) < 4.78 is 5.38. The highest BCUT2D eigenvalue weighted by molar-refractivity contribution is 6.30. The molecule has 132 valence electrons. The monoisotopic (exact) mass is 350 g/mol. The number of rotatable bonds is 6. The maximum atomic E-state index is 6.09. The molecule has 0 radical (unpaired) electrons. The molecule has 2 N–H and O–H groups in total. The summed E-state index contributed by atoms with van der Waals surface area (Å²) in [6, 6.07) is 8.61. The molecule has 1 aliphatic heterocycles. The van der Waals surface area contributed by atoms with E-state index >= 15 is 0 Å². The van der Waals surface area contributed by atoms with E-state index in [1.807, 2.05) is 12.1 Å². The average Bonchev–Trinajstić information content (AvgIpc) is 3.35. The lowest BCUT2D eigenvalue weighted by Gasteiger charge is -2.25. The normalized spacial score (nSPS) is 24.7. The van der Waals surface area contributed by atoms with Crippen LogP contribution in [-0.4, -0.2) is 62.8 Å². The summed E-state index contributed by atoms with van der Waals surface area (Å²) in [6.45, 7) is 8.47. The van der Waals surface area contributed by atoms with Gasteiger partial charge >= 0.3 is 0 Å². The number of nitrogens with one attached hydrogen (secondary N) is 2. The molecule has 5 nitrogen and oxygen atoms in total. The molecule has 1 aromatic rings. The molecule has 2 aliphatic rings. The first-order valence-electron chi connectivity index (χ1n) is 8.86. The molecular formula is C18H27ClN4O. The fourth-order valence-corrected chi connectivity index (χ4v) is 3.28. The van der Waals surface area contributed by atoms with E-state index < -0.39 is 0 Å². The highest BCUT2D eigenvalue weighted by Crippen LogP contribution is 2.41. The molecule has 1 saturated carbocycles. The second-order valence-corrected chi connectivity index (χ2v) is 6.80. The van der Waals surface area contributed by atoms with Crippen molar-refractivity contribution in [2.45, 2.75) is 25.3 Å². The van der Waals surface area contributed by atoms with Crippen molar-refractivity contribution >= 4 is 17.6 Å². The van der Waals surface area contributed by atoms with Crippen molar-refractivity contribution in [1.82, 2.24) is 15.5 Å². The third-order valence-electron chi connectivity index (χ3n) is 4.52. The molecule has 2 unspecified atom stereocenters. The number of nitrogens with zero attached hydrogens (tertiary/aromatic N) is 2. The summed E-state index contributed by atoms with van der Waals surface area (Å²) in [5.41, 5.74) is 1.31. The maximum absolute atomic E-state index is 6.09. The molecule has 2 atom stereocenters. The van der Waals surface area contributed by atoms with Crippen LogP contribution in [0.25, 0.3) is 0 Å². The molecule has 1 aliphatic carbocycles. The van der Waals surface area contributed by atoms with Gasteiger partial charge in [0.25, 0.3) is 0 Å². The van der Waals surface area contributed by atoms with Crippen LogP contribution >= 0.6 is 11.6 Å². The van der Waals surface area contributed by atoms with Gasteiger partial charge < -0.3 is 15.4 Å². The lowest BCUT2D eigenvalue weighted by molar-refractivity contribution is 0.0394. The number of halogens is 1. The van der Waals surface area contributed by atoms with Crippen molar-refractivity contribution in [1.29, 1.82) is 0 Å². The molecule has 1 heterocycles. The maximum Gasteiger partial charge on any atom is 0.191 e. The zero-order chi connectivity index (χ0) is 16.8. The van der Waals surface area contributed by atoms with E-state index in [0.29, 0.717) is 12.0 Å². The molecule has 24 heavy (non-hydrogen) atoms. The summed E-state index contributed by atoms with van der Waals surface area (Å²) in [5.74, 6) is 1.45. The van der Waals surface area contributed by atoms with Gasteiger partial charge in [0, 0.05) is 43.2 Å².